The molecule has 138 valence electrons. The Morgan fingerprint density at radius 3 is 1.64 bits per heavy atom. The van der Waals surface area contributed by atoms with Crippen molar-refractivity contribution in [1.82, 2.24) is 9.97 Å². The Hall–Kier alpha value is -2.08. The van der Waals surface area contributed by atoms with Crippen LogP contribution in [-0.4, -0.2) is 18.4 Å². The Bertz CT molecular complexity index is 839. The molecule has 2 aromatic rings. The van der Waals surface area contributed by atoms with Crippen LogP contribution in [0.25, 0.3) is 0 Å². The highest BCUT2D eigenvalue weighted by Gasteiger charge is 2.36. The van der Waals surface area contributed by atoms with Crippen molar-refractivity contribution < 1.29 is 34.8 Å². The molecule has 0 aliphatic carbocycles. The van der Waals surface area contributed by atoms with Crippen molar-refractivity contribution in [2.45, 2.75) is 17.2 Å². The molecule has 2 heterocycles. The molecule has 0 aliphatic rings. The molecule has 0 saturated heterocycles. The van der Waals surface area contributed by atoms with Gasteiger partial charge in [-0.2, -0.15) is 26.3 Å². The summed E-state index contributed by atoms with van der Waals surface area (Å²) in [7, 11) is 0.375. The molecule has 5 nitrogen and oxygen atoms in total. The number of halogens is 7. The minimum atomic E-state index is -4.76. The third-order valence-electron chi connectivity index (χ3n) is 2.51. The third-order valence-corrected chi connectivity index (χ3v) is 3.86. The van der Waals surface area contributed by atoms with E-state index in [-0.39, 0.29) is 5.69 Å². The van der Waals surface area contributed by atoms with Crippen molar-refractivity contribution in [1.29, 1.82) is 0 Å². The molecule has 2 N–H and O–H groups in total. The minimum Gasteiger partial charge on any atom is -0.397 e. The molecule has 0 amide bonds. The maximum absolute atomic E-state index is 12.2. The summed E-state index contributed by atoms with van der Waals surface area (Å²) in [6.07, 6.45) is -5.71. The number of nitrogens with zero attached hydrogens (tertiary/aromatic N) is 2. The second-order valence-corrected chi connectivity index (χ2v) is 6.80. The molecule has 0 atom stereocenters. The van der Waals surface area contributed by atoms with Crippen LogP contribution in [0.1, 0.15) is 11.1 Å². The molecule has 0 spiro atoms. The average Bonchev–Trinajstić information content (AvgIpc) is 2.45. The quantitative estimate of drug-likeness (QED) is 0.575. The van der Waals surface area contributed by atoms with Gasteiger partial charge in [0.05, 0.1) is 23.0 Å². The monoisotopic (exact) mass is 407 g/mol. The van der Waals surface area contributed by atoms with Gasteiger partial charge in [0, 0.05) is 29.3 Å². The largest absolute Gasteiger partial charge is 0.418 e. The predicted molar refractivity (Wildman–Crippen MR) is 75.9 cm³/mol. The van der Waals surface area contributed by atoms with Crippen LogP contribution < -0.4 is 5.73 Å². The molecule has 0 bridgehead atoms. The maximum Gasteiger partial charge on any atom is 0.418 e. The van der Waals surface area contributed by atoms with Crippen LogP contribution in [0.4, 0.5) is 32.0 Å². The average molecular weight is 408 g/mol. The van der Waals surface area contributed by atoms with E-state index in [4.69, 9.17) is 16.4 Å². The van der Waals surface area contributed by atoms with Crippen LogP contribution in [0.15, 0.2) is 41.8 Å². The first-order valence-corrected chi connectivity index (χ1v) is 8.28. The standard InChI is InChI=1S/C6H3ClF3NO2S.C6H5F3N2/c7-14(12,13)5-3-11-2-1-4(5)6(8,9)10;7-6(8,9)4-1-2-11-3-5(4)10/h1-3H;1-3H,10H2. The van der Waals surface area contributed by atoms with E-state index >= 15 is 0 Å². The summed E-state index contributed by atoms with van der Waals surface area (Å²) in [5, 5.41) is 0. The number of rotatable bonds is 1. The number of hydrogen-bond acceptors (Lipinski definition) is 5. The number of alkyl halides is 6. The smallest absolute Gasteiger partial charge is 0.397 e. The van der Waals surface area contributed by atoms with E-state index in [1.165, 1.54) is 0 Å². The van der Waals surface area contributed by atoms with E-state index in [9.17, 15) is 34.8 Å². The highest BCUT2D eigenvalue weighted by atomic mass is 35.7. The highest BCUT2D eigenvalue weighted by molar-refractivity contribution is 8.13. The Kier molecular flexibility index (Phi) is 6.23. The predicted octanol–water partition coefficient (Wildman–Crippen LogP) is 3.71. The van der Waals surface area contributed by atoms with E-state index in [0.717, 1.165) is 24.7 Å². The Morgan fingerprint density at radius 1 is 0.880 bits per heavy atom. The number of nitrogens with two attached hydrogens (primary N) is 1. The second kappa shape index (κ2) is 7.44. The van der Waals surface area contributed by atoms with Crippen LogP contribution in [0.3, 0.4) is 0 Å². The van der Waals surface area contributed by atoms with Crippen LogP contribution in [0.5, 0.6) is 0 Å². The summed E-state index contributed by atoms with van der Waals surface area (Å²) in [6.45, 7) is 0. The molecule has 25 heavy (non-hydrogen) atoms. The lowest BCUT2D eigenvalue weighted by atomic mass is 10.2. The fourth-order valence-electron chi connectivity index (χ4n) is 1.47. The fourth-order valence-corrected chi connectivity index (χ4v) is 2.48. The van der Waals surface area contributed by atoms with Gasteiger partial charge in [0.15, 0.2) is 0 Å². The lowest BCUT2D eigenvalue weighted by Crippen LogP contribution is -2.10. The topological polar surface area (TPSA) is 85.9 Å². The van der Waals surface area contributed by atoms with E-state index < -0.39 is 37.4 Å². The zero-order valence-electron chi connectivity index (χ0n) is 11.8. The van der Waals surface area contributed by atoms with Crippen molar-refractivity contribution in [3.05, 3.63) is 48.0 Å². The zero-order chi connectivity index (χ0) is 19.5. The summed E-state index contributed by atoms with van der Waals surface area (Å²) in [4.78, 5) is 5.66. The Balaban J connectivity index is 0.000000257. The van der Waals surface area contributed by atoms with Gasteiger partial charge >= 0.3 is 12.4 Å². The van der Waals surface area contributed by atoms with Crippen LogP contribution in [0, 0.1) is 0 Å². The van der Waals surface area contributed by atoms with Crippen molar-refractivity contribution >= 4 is 25.4 Å². The maximum atomic E-state index is 12.2. The van der Waals surface area contributed by atoms with Gasteiger partial charge in [-0.25, -0.2) is 8.42 Å². The number of anilines is 1. The van der Waals surface area contributed by atoms with Crippen LogP contribution >= 0.6 is 10.7 Å². The van der Waals surface area contributed by atoms with Gasteiger partial charge in [0.25, 0.3) is 9.05 Å². The lowest BCUT2D eigenvalue weighted by Gasteiger charge is -2.08. The van der Waals surface area contributed by atoms with Gasteiger partial charge in [0.1, 0.15) is 4.90 Å². The van der Waals surface area contributed by atoms with Gasteiger partial charge in [-0.1, -0.05) is 0 Å². The fraction of sp³-hybridized carbons (Fsp3) is 0.167. The van der Waals surface area contributed by atoms with E-state index in [2.05, 4.69) is 9.97 Å². The summed E-state index contributed by atoms with van der Waals surface area (Å²) in [6, 6.07) is 1.39. The van der Waals surface area contributed by atoms with Crippen molar-refractivity contribution in [3.63, 3.8) is 0 Å². The first kappa shape index (κ1) is 21.0. The first-order chi connectivity index (χ1) is 11.2. The number of nitrogen functional groups attached to an aromatic ring is 1. The molecule has 0 radical (unpaired) electrons. The molecule has 2 rings (SSSR count). The molecule has 0 fully saturated rings. The molecular formula is C12H8ClF6N3O2S. The van der Waals surface area contributed by atoms with Crippen molar-refractivity contribution in [2.24, 2.45) is 0 Å². The van der Waals surface area contributed by atoms with Crippen molar-refractivity contribution in [3.8, 4) is 0 Å². The summed E-state index contributed by atoms with van der Waals surface area (Å²) < 4.78 is 94.0. The number of pyridine rings is 2. The lowest BCUT2D eigenvalue weighted by molar-refractivity contribution is -0.140. The number of aromatic nitrogens is 2. The zero-order valence-corrected chi connectivity index (χ0v) is 13.4. The van der Waals surface area contributed by atoms with E-state index in [1.54, 1.807) is 0 Å². The second-order valence-electron chi connectivity index (χ2n) is 4.27. The summed E-state index contributed by atoms with van der Waals surface area (Å²) in [5.74, 6) is 0. The summed E-state index contributed by atoms with van der Waals surface area (Å²) in [5.41, 5.74) is 2.52. The van der Waals surface area contributed by atoms with E-state index in [0.29, 0.717) is 12.3 Å². The first-order valence-electron chi connectivity index (χ1n) is 5.97. The van der Waals surface area contributed by atoms with Crippen LogP contribution in [0.2, 0.25) is 0 Å². The Morgan fingerprint density at radius 2 is 1.32 bits per heavy atom. The Labute approximate surface area is 141 Å². The molecule has 13 heteroatoms. The number of hydrogen-bond donors (Lipinski definition) is 1. The molecule has 0 saturated carbocycles. The molecular weight excluding hydrogens is 400 g/mol. The molecule has 0 unspecified atom stereocenters. The minimum absolute atomic E-state index is 0.347. The van der Waals surface area contributed by atoms with E-state index in [1.807, 2.05) is 0 Å². The third kappa shape index (κ3) is 6.05. The SMILES string of the molecule is Nc1cnccc1C(F)(F)F.O=S(=O)(Cl)c1cnccc1C(F)(F)F. The van der Waals surface area contributed by atoms with Crippen LogP contribution in [-0.2, 0) is 21.4 Å². The molecule has 2 aromatic heterocycles. The van der Waals surface area contributed by atoms with Gasteiger partial charge in [-0.15, -0.1) is 0 Å². The van der Waals surface area contributed by atoms with Gasteiger partial charge in [-0.05, 0) is 12.1 Å². The van der Waals surface area contributed by atoms with Crippen molar-refractivity contribution in [2.75, 3.05) is 5.73 Å². The van der Waals surface area contributed by atoms with Gasteiger partial charge in [-0.3, -0.25) is 9.97 Å². The molecule has 0 aromatic carbocycles. The summed E-state index contributed by atoms with van der Waals surface area (Å²) >= 11 is 0. The normalized spacial score (nSPS) is 12.3. The van der Waals surface area contributed by atoms with Gasteiger partial charge in [0.2, 0.25) is 0 Å². The highest BCUT2D eigenvalue weighted by Crippen LogP contribution is 2.34. The molecule has 0 aliphatic heterocycles. The van der Waals surface area contributed by atoms with Gasteiger partial charge < -0.3 is 5.73 Å².